The first-order chi connectivity index (χ1) is 7.91. The molecular formula is C12H15N3O2. The van der Waals surface area contributed by atoms with Gasteiger partial charge in [0.25, 0.3) is 0 Å². The smallest absolute Gasteiger partial charge is 0.331 e. The Kier molecular flexibility index (Phi) is 2.53. The normalized spacial score (nSPS) is 15.9. The average molecular weight is 233 g/mol. The summed E-state index contributed by atoms with van der Waals surface area (Å²) in [5.74, 6) is -0.200. The first-order valence-corrected chi connectivity index (χ1v) is 5.36. The van der Waals surface area contributed by atoms with Gasteiger partial charge in [0.15, 0.2) is 0 Å². The van der Waals surface area contributed by atoms with Crippen LogP contribution in [-0.4, -0.2) is 30.4 Å². The molecule has 0 atom stereocenters. The molecule has 0 spiro atoms. The van der Waals surface area contributed by atoms with Crippen LogP contribution in [0.15, 0.2) is 12.1 Å². The van der Waals surface area contributed by atoms with Gasteiger partial charge in [0, 0.05) is 12.7 Å². The van der Waals surface area contributed by atoms with Gasteiger partial charge >= 0.3 is 6.03 Å². The van der Waals surface area contributed by atoms with Gasteiger partial charge in [-0.3, -0.25) is 14.6 Å². The summed E-state index contributed by atoms with van der Waals surface area (Å²) in [4.78, 5) is 25.9. The molecule has 1 fully saturated rings. The number of imide groups is 1. The maximum Gasteiger partial charge on any atom is 0.331 e. The highest BCUT2D eigenvalue weighted by molar-refractivity contribution is 6.12. The summed E-state index contributed by atoms with van der Waals surface area (Å²) in [6.45, 7) is 3.89. The second-order valence-electron chi connectivity index (χ2n) is 4.32. The number of nitrogens with two attached hydrogens (primary N) is 1. The number of hydrogen-bond donors (Lipinski definition) is 1. The summed E-state index contributed by atoms with van der Waals surface area (Å²) < 4.78 is 0. The quantitative estimate of drug-likeness (QED) is 0.587. The molecule has 0 saturated carbocycles. The number of benzene rings is 1. The fraction of sp³-hybridized carbons (Fsp3) is 0.333. The lowest BCUT2D eigenvalue weighted by atomic mass is 10.1. The Labute approximate surface area is 99.8 Å². The van der Waals surface area contributed by atoms with Gasteiger partial charge < -0.3 is 5.73 Å². The van der Waals surface area contributed by atoms with Crippen molar-refractivity contribution < 1.29 is 9.59 Å². The van der Waals surface area contributed by atoms with E-state index in [0.717, 1.165) is 16.0 Å². The van der Waals surface area contributed by atoms with E-state index in [9.17, 15) is 9.59 Å². The van der Waals surface area contributed by atoms with E-state index in [0.29, 0.717) is 11.4 Å². The number of nitrogen functional groups attached to an aromatic ring is 1. The monoisotopic (exact) mass is 233 g/mol. The van der Waals surface area contributed by atoms with Gasteiger partial charge in [-0.15, -0.1) is 0 Å². The van der Waals surface area contributed by atoms with E-state index in [-0.39, 0.29) is 18.5 Å². The molecule has 1 heterocycles. The SMILES string of the molecule is Cc1cc(C)c(N2CC(=O)N(C)C2=O)cc1N. The third-order valence-electron chi connectivity index (χ3n) is 3.06. The maximum atomic E-state index is 11.9. The highest BCUT2D eigenvalue weighted by Gasteiger charge is 2.34. The van der Waals surface area contributed by atoms with Gasteiger partial charge in [0.05, 0.1) is 5.69 Å². The van der Waals surface area contributed by atoms with Crippen molar-refractivity contribution in [3.05, 3.63) is 23.3 Å². The molecule has 5 heteroatoms. The molecule has 0 aliphatic carbocycles. The minimum Gasteiger partial charge on any atom is -0.398 e. The van der Waals surface area contributed by atoms with Crippen molar-refractivity contribution in [2.45, 2.75) is 13.8 Å². The highest BCUT2D eigenvalue weighted by atomic mass is 16.2. The molecule has 0 bridgehead atoms. The fourth-order valence-corrected chi connectivity index (χ4v) is 1.93. The number of likely N-dealkylation sites (N-methyl/N-ethyl adjacent to an activating group) is 1. The Hall–Kier alpha value is -2.04. The fourth-order valence-electron chi connectivity index (χ4n) is 1.93. The molecule has 1 aromatic carbocycles. The number of nitrogens with zero attached hydrogens (tertiary/aromatic N) is 2. The Morgan fingerprint density at radius 3 is 2.35 bits per heavy atom. The number of aryl methyl sites for hydroxylation is 2. The van der Waals surface area contributed by atoms with Crippen LogP contribution in [0.25, 0.3) is 0 Å². The molecular weight excluding hydrogens is 218 g/mol. The lowest BCUT2D eigenvalue weighted by molar-refractivity contribution is -0.123. The minimum atomic E-state index is -0.304. The molecule has 1 aliphatic rings. The third-order valence-corrected chi connectivity index (χ3v) is 3.06. The second kappa shape index (κ2) is 3.76. The zero-order chi connectivity index (χ0) is 12.7. The summed E-state index contributed by atoms with van der Waals surface area (Å²) in [6.07, 6.45) is 0. The Morgan fingerprint density at radius 2 is 1.82 bits per heavy atom. The number of urea groups is 1. The average Bonchev–Trinajstić information content (AvgIpc) is 2.51. The van der Waals surface area contributed by atoms with Crippen LogP contribution in [0.5, 0.6) is 0 Å². The summed E-state index contributed by atoms with van der Waals surface area (Å²) in [7, 11) is 1.48. The Morgan fingerprint density at radius 1 is 1.18 bits per heavy atom. The molecule has 90 valence electrons. The van der Waals surface area contributed by atoms with Crippen molar-refractivity contribution in [3.63, 3.8) is 0 Å². The molecule has 0 radical (unpaired) electrons. The Balaban J connectivity index is 2.45. The molecule has 1 aliphatic heterocycles. The summed E-state index contributed by atoms with van der Waals surface area (Å²) in [5, 5.41) is 0. The van der Waals surface area contributed by atoms with E-state index in [1.165, 1.54) is 11.9 Å². The lowest BCUT2D eigenvalue weighted by Crippen LogP contribution is -2.30. The third kappa shape index (κ3) is 1.73. The zero-order valence-corrected chi connectivity index (χ0v) is 10.2. The zero-order valence-electron chi connectivity index (χ0n) is 10.2. The van der Waals surface area contributed by atoms with Gasteiger partial charge in [-0.1, -0.05) is 6.07 Å². The van der Waals surface area contributed by atoms with Crippen LogP contribution in [0.1, 0.15) is 11.1 Å². The van der Waals surface area contributed by atoms with Crippen LogP contribution < -0.4 is 10.6 Å². The molecule has 5 nitrogen and oxygen atoms in total. The van der Waals surface area contributed by atoms with Gasteiger partial charge in [0.2, 0.25) is 5.91 Å². The van der Waals surface area contributed by atoms with Crippen molar-refractivity contribution in [1.29, 1.82) is 0 Å². The summed E-state index contributed by atoms with van der Waals surface area (Å²) >= 11 is 0. The van der Waals surface area contributed by atoms with E-state index < -0.39 is 0 Å². The number of amides is 3. The molecule has 1 saturated heterocycles. The molecule has 3 amide bonds. The topological polar surface area (TPSA) is 66.6 Å². The number of anilines is 2. The van der Waals surface area contributed by atoms with Crippen molar-refractivity contribution in [3.8, 4) is 0 Å². The molecule has 2 N–H and O–H groups in total. The van der Waals surface area contributed by atoms with Crippen molar-refractivity contribution in [2.24, 2.45) is 0 Å². The van der Waals surface area contributed by atoms with Gasteiger partial charge in [-0.05, 0) is 31.0 Å². The van der Waals surface area contributed by atoms with Crippen LogP contribution in [-0.2, 0) is 4.79 Å². The van der Waals surface area contributed by atoms with E-state index in [2.05, 4.69) is 0 Å². The van der Waals surface area contributed by atoms with Crippen LogP contribution in [0.2, 0.25) is 0 Å². The number of rotatable bonds is 1. The first kappa shape index (κ1) is 11.4. The van der Waals surface area contributed by atoms with Crippen LogP contribution in [0, 0.1) is 13.8 Å². The molecule has 0 unspecified atom stereocenters. The molecule has 1 aromatic rings. The molecule has 17 heavy (non-hydrogen) atoms. The van der Waals surface area contributed by atoms with Crippen LogP contribution in [0.4, 0.5) is 16.2 Å². The van der Waals surface area contributed by atoms with Crippen molar-refractivity contribution >= 4 is 23.3 Å². The summed E-state index contributed by atoms with van der Waals surface area (Å²) in [5.41, 5.74) is 9.07. The van der Waals surface area contributed by atoms with E-state index in [1.807, 2.05) is 19.9 Å². The lowest BCUT2D eigenvalue weighted by Gasteiger charge is -2.18. The predicted molar refractivity (Wildman–Crippen MR) is 65.8 cm³/mol. The maximum absolute atomic E-state index is 11.9. The van der Waals surface area contributed by atoms with Gasteiger partial charge in [-0.2, -0.15) is 0 Å². The predicted octanol–water partition coefficient (Wildman–Crippen LogP) is 1.28. The second-order valence-corrected chi connectivity index (χ2v) is 4.32. The van der Waals surface area contributed by atoms with Crippen LogP contribution in [0.3, 0.4) is 0 Å². The number of carbonyl (C=O) groups is 2. The first-order valence-electron chi connectivity index (χ1n) is 5.36. The standard InChI is InChI=1S/C12H15N3O2/c1-7-4-8(2)10(5-9(7)13)15-6-11(16)14(3)12(15)17/h4-5H,6,13H2,1-3H3. The highest BCUT2D eigenvalue weighted by Crippen LogP contribution is 2.28. The van der Waals surface area contributed by atoms with E-state index in [4.69, 9.17) is 5.73 Å². The minimum absolute atomic E-state index is 0.0820. The summed E-state index contributed by atoms with van der Waals surface area (Å²) in [6, 6.07) is 3.36. The van der Waals surface area contributed by atoms with E-state index in [1.54, 1.807) is 6.07 Å². The largest absolute Gasteiger partial charge is 0.398 e. The van der Waals surface area contributed by atoms with E-state index >= 15 is 0 Å². The van der Waals surface area contributed by atoms with Gasteiger partial charge in [-0.25, -0.2) is 4.79 Å². The number of hydrogen-bond acceptors (Lipinski definition) is 3. The van der Waals surface area contributed by atoms with Crippen molar-refractivity contribution in [2.75, 3.05) is 24.2 Å². The number of carbonyl (C=O) groups excluding carboxylic acids is 2. The molecule has 2 rings (SSSR count). The van der Waals surface area contributed by atoms with Crippen molar-refractivity contribution in [1.82, 2.24) is 4.90 Å². The van der Waals surface area contributed by atoms with Gasteiger partial charge in [0.1, 0.15) is 6.54 Å². The Bertz CT molecular complexity index is 511. The molecule has 0 aromatic heterocycles. The van der Waals surface area contributed by atoms with Crippen LogP contribution >= 0.6 is 0 Å².